The van der Waals surface area contributed by atoms with Gasteiger partial charge in [0.2, 0.25) is 0 Å². The number of anilines is 2. The number of pyridine rings is 1. The highest BCUT2D eigenvalue weighted by Crippen LogP contribution is 2.15. The zero-order valence-corrected chi connectivity index (χ0v) is 7.77. The Bertz CT molecular complexity index is 548. The second-order valence-corrected chi connectivity index (χ2v) is 3.00. The number of hydrogen-bond donors (Lipinski definition) is 3. The minimum Gasteiger partial charge on any atom is -0.394 e. The van der Waals surface area contributed by atoms with E-state index in [0.717, 1.165) is 0 Å². The van der Waals surface area contributed by atoms with E-state index < -0.39 is 0 Å². The summed E-state index contributed by atoms with van der Waals surface area (Å²) in [6, 6.07) is 1.53. The minimum absolute atomic E-state index is 0.136. The van der Waals surface area contributed by atoms with Gasteiger partial charge >= 0.3 is 0 Å². The van der Waals surface area contributed by atoms with Crippen molar-refractivity contribution >= 4 is 11.5 Å². The Morgan fingerprint density at radius 1 is 1.27 bits per heavy atom. The molecule has 0 radical (unpaired) electrons. The summed E-state index contributed by atoms with van der Waals surface area (Å²) in [4.78, 5) is 21.5. The highest BCUT2D eigenvalue weighted by Gasteiger charge is 2.02. The van der Waals surface area contributed by atoms with Crippen LogP contribution in [0.25, 0.3) is 11.3 Å². The number of aromatic nitrogens is 3. The van der Waals surface area contributed by atoms with Crippen LogP contribution in [0.3, 0.4) is 0 Å². The van der Waals surface area contributed by atoms with Crippen molar-refractivity contribution in [1.29, 1.82) is 0 Å². The maximum atomic E-state index is 11.0. The smallest absolute Gasteiger partial charge is 0.271 e. The van der Waals surface area contributed by atoms with Gasteiger partial charge in [-0.15, -0.1) is 0 Å². The second-order valence-electron chi connectivity index (χ2n) is 3.00. The van der Waals surface area contributed by atoms with Gasteiger partial charge in [0.15, 0.2) is 0 Å². The molecule has 0 aliphatic rings. The standard InChI is InChI=1S/C9H9N5O/c10-6-1-5(2-13-9(6)15)7-3-12-4-8(11)14-7/h1-4H,10H2,(H2,11,14)(H,13,15). The van der Waals surface area contributed by atoms with Crippen LogP contribution >= 0.6 is 0 Å². The van der Waals surface area contributed by atoms with Gasteiger partial charge in [-0.1, -0.05) is 0 Å². The van der Waals surface area contributed by atoms with Crippen LogP contribution in [0.5, 0.6) is 0 Å². The first-order valence-electron chi connectivity index (χ1n) is 4.23. The number of nitrogens with two attached hydrogens (primary N) is 2. The molecule has 2 heterocycles. The number of aromatic amines is 1. The van der Waals surface area contributed by atoms with Gasteiger partial charge in [0.25, 0.3) is 5.56 Å². The predicted octanol–water partition coefficient (Wildman–Crippen LogP) is -0.00370. The van der Waals surface area contributed by atoms with E-state index in [-0.39, 0.29) is 11.2 Å². The van der Waals surface area contributed by atoms with Crippen LogP contribution in [0.4, 0.5) is 11.5 Å². The van der Waals surface area contributed by atoms with Gasteiger partial charge in [-0.25, -0.2) is 4.98 Å². The van der Waals surface area contributed by atoms with E-state index >= 15 is 0 Å². The number of nitrogens with one attached hydrogen (secondary N) is 1. The van der Waals surface area contributed by atoms with Gasteiger partial charge in [0.05, 0.1) is 23.8 Å². The third kappa shape index (κ3) is 1.78. The maximum absolute atomic E-state index is 11.0. The Labute approximate surface area is 85.0 Å². The number of nitrogen functional groups attached to an aromatic ring is 2. The molecule has 0 atom stereocenters. The van der Waals surface area contributed by atoms with Crippen molar-refractivity contribution in [2.75, 3.05) is 11.5 Å². The van der Waals surface area contributed by atoms with Crippen molar-refractivity contribution in [3.8, 4) is 11.3 Å². The molecule has 15 heavy (non-hydrogen) atoms. The Kier molecular flexibility index (Phi) is 2.09. The van der Waals surface area contributed by atoms with Crippen molar-refractivity contribution in [2.24, 2.45) is 0 Å². The van der Waals surface area contributed by atoms with E-state index in [1.54, 1.807) is 6.20 Å². The average molecular weight is 203 g/mol. The van der Waals surface area contributed by atoms with E-state index in [2.05, 4.69) is 15.0 Å². The molecule has 76 valence electrons. The summed E-state index contributed by atoms with van der Waals surface area (Å²) in [6.07, 6.45) is 4.50. The molecule has 6 heteroatoms. The third-order valence-electron chi connectivity index (χ3n) is 1.88. The van der Waals surface area contributed by atoms with Gasteiger partial charge in [-0.2, -0.15) is 0 Å². The zero-order valence-electron chi connectivity index (χ0n) is 7.77. The lowest BCUT2D eigenvalue weighted by Gasteiger charge is -2.01. The van der Waals surface area contributed by atoms with Crippen molar-refractivity contribution in [3.63, 3.8) is 0 Å². The highest BCUT2D eigenvalue weighted by molar-refractivity contribution is 5.62. The summed E-state index contributed by atoms with van der Waals surface area (Å²) in [5.74, 6) is 0.317. The van der Waals surface area contributed by atoms with Crippen LogP contribution in [0.15, 0.2) is 29.5 Å². The molecule has 0 aromatic carbocycles. The summed E-state index contributed by atoms with van der Waals surface area (Å²) in [6.45, 7) is 0. The lowest BCUT2D eigenvalue weighted by Crippen LogP contribution is -2.10. The molecule has 0 unspecified atom stereocenters. The van der Waals surface area contributed by atoms with Gasteiger partial charge in [0, 0.05) is 11.8 Å². The molecule has 5 N–H and O–H groups in total. The molecule has 0 saturated carbocycles. The molecule has 0 fully saturated rings. The molecule has 2 aromatic heterocycles. The van der Waals surface area contributed by atoms with Crippen LogP contribution in [0.2, 0.25) is 0 Å². The lowest BCUT2D eigenvalue weighted by molar-refractivity contribution is 1.19. The summed E-state index contributed by atoms with van der Waals surface area (Å²) in [5, 5.41) is 0. The Balaban J connectivity index is 2.55. The van der Waals surface area contributed by atoms with Crippen LogP contribution < -0.4 is 17.0 Å². The Hall–Kier alpha value is -2.37. The molecule has 0 saturated heterocycles. The van der Waals surface area contributed by atoms with E-state index in [4.69, 9.17) is 11.5 Å². The fraction of sp³-hybridized carbons (Fsp3) is 0. The first-order valence-corrected chi connectivity index (χ1v) is 4.23. The molecule has 0 spiro atoms. The van der Waals surface area contributed by atoms with Crippen molar-refractivity contribution in [1.82, 2.24) is 15.0 Å². The second kappa shape index (κ2) is 3.41. The quantitative estimate of drug-likeness (QED) is 0.604. The fourth-order valence-electron chi connectivity index (χ4n) is 1.17. The molecule has 0 aliphatic heterocycles. The van der Waals surface area contributed by atoms with Gasteiger partial charge in [-0.05, 0) is 6.07 Å². The van der Waals surface area contributed by atoms with Gasteiger partial charge in [0.1, 0.15) is 5.82 Å². The Morgan fingerprint density at radius 2 is 2.07 bits per heavy atom. The fourth-order valence-corrected chi connectivity index (χ4v) is 1.17. The number of hydrogen-bond acceptors (Lipinski definition) is 5. The molecule has 0 aliphatic carbocycles. The van der Waals surface area contributed by atoms with Crippen LogP contribution in [-0.2, 0) is 0 Å². The molecule has 2 rings (SSSR count). The van der Waals surface area contributed by atoms with E-state index in [0.29, 0.717) is 17.1 Å². The van der Waals surface area contributed by atoms with Crippen molar-refractivity contribution < 1.29 is 0 Å². The van der Waals surface area contributed by atoms with Crippen molar-refractivity contribution in [2.45, 2.75) is 0 Å². The lowest BCUT2D eigenvalue weighted by atomic mass is 10.2. The first kappa shape index (κ1) is 9.20. The summed E-state index contributed by atoms with van der Waals surface area (Å²) >= 11 is 0. The normalized spacial score (nSPS) is 10.1. The monoisotopic (exact) mass is 203 g/mol. The van der Waals surface area contributed by atoms with Gasteiger partial charge < -0.3 is 16.5 Å². The zero-order chi connectivity index (χ0) is 10.8. The highest BCUT2D eigenvalue weighted by atomic mass is 16.1. The molecular formula is C9H9N5O. The van der Waals surface area contributed by atoms with Crippen LogP contribution in [-0.4, -0.2) is 15.0 Å². The van der Waals surface area contributed by atoms with Crippen LogP contribution in [0, 0.1) is 0 Å². The predicted molar refractivity (Wildman–Crippen MR) is 56.9 cm³/mol. The molecule has 6 nitrogen and oxygen atoms in total. The average Bonchev–Trinajstić information content (AvgIpc) is 2.22. The number of H-pyrrole nitrogens is 1. The maximum Gasteiger partial charge on any atom is 0.271 e. The SMILES string of the molecule is Nc1cncc(-c2c[nH]c(=O)c(N)c2)n1. The van der Waals surface area contributed by atoms with Crippen molar-refractivity contribution in [3.05, 3.63) is 35.0 Å². The summed E-state index contributed by atoms with van der Waals surface area (Å²) in [5.41, 5.74) is 12.0. The first-order chi connectivity index (χ1) is 7.16. The van der Waals surface area contributed by atoms with E-state index in [9.17, 15) is 4.79 Å². The number of nitrogens with zero attached hydrogens (tertiary/aromatic N) is 2. The molecule has 0 amide bonds. The Morgan fingerprint density at radius 3 is 2.73 bits per heavy atom. The van der Waals surface area contributed by atoms with E-state index in [1.807, 2.05) is 0 Å². The minimum atomic E-state index is -0.324. The largest absolute Gasteiger partial charge is 0.394 e. The molecule has 2 aromatic rings. The topological polar surface area (TPSA) is 111 Å². The number of rotatable bonds is 1. The summed E-state index contributed by atoms with van der Waals surface area (Å²) < 4.78 is 0. The van der Waals surface area contributed by atoms with E-state index in [1.165, 1.54) is 18.5 Å². The van der Waals surface area contributed by atoms with Crippen LogP contribution in [0.1, 0.15) is 0 Å². The molecule has 0 bridgehead atoms. The third-order valence-corrected chi connectivity index (χ3v) is 1.88. The van der Waals surface area contributed by atoms with Gasteiger partial charge in [-0.3, -0.25) is 9.78 Å². The molecular weight excluding hydrogens is 194 g/mol. The summed E-state index contributed by atoms with van der Waals surface area (Å²) in [7, 11) is 0.